The number of rotatable bonds is 4. The molecule has 1 unspecified atom stereocenters. The first-order valence-corrected chi connectivity index (χ1v) is 8.89. The molecule has 1 fully saturated rings. The molecule has 27 heavy (non-hydrogen) atoms. The van der Waals surface area contributed by atoms with E-state index in [-0.39, 0.29) is 31.3 Å². The number of carbonyl (C=O) groups is 2. The van der Waals surface area contributed by atoms with Gasteiger partial charge in [0, 0.05) is 19.5 Å². The van der Waals surface area contributed by atoms with Gasteiger partial charge >= 0.3 is 6.18 Å². The number of halogens is 4. The second kappa shape index (κ2) is 7.67. The van der Waals surface area contributed by atoms with Crippen molar-refractivity contribution in [1.82, 2.24) is 9.88 Å². The number of carbonyl (C=O) groups excluding carboxylic acids is 2. The van der Waals surface area contributed by atoms with Gasteiger partial charge in [-0.3, -0.25) is 9.59 Å². The van der Waals surface area contributed by atoms with Gasteiger partial charge in [-0.15, -0.1) is 0 Å². The van der Waals surface area contributed by atoms with Crippen molar-refractivity contribution < 1.29 is 22.8 Å². The number of pyridine rings is 1. The van der Waals surface area contributed by atoms with Crippen LogP contribution in [0.25, 0.3) is 0 Å². The molecule has 0 aliphatic carbocycles. The van der Waals surface area contributed by atoms with Crippen molar-refractivity contribution in [3.8, 4) is 0 Å². The number of nitrogens with zero attached hydrogens (tertiary/aromatic N) is 2. The average molecular weight is 442 g/mol. The van der Waals surface area contributed by atoms with Crippen LogP contribution in [0.1, 0.15) is 17.5 Å². The molecule has 142 valence electrons. The molecule has 1 aromatic carbocycles. The Hall–Kier alpha value is -2.42. The number of anilines is 1. The number of benzene rings is 1. The summed E-state index contributed by atoms with van der Waals surface area (Å²) in [6.07, 6.45) is -4.43. The number of alkyl halides is 3. The minimum Gasteiger partial charge on any atom is -0.338 e. The lowest BCUT2D eigenvalue weighted by Gasteiger charge is -2.17. The fraction of sp³-hybridized carbons (Fsp3) is 0.278. The first kappa shape index (κ1) is 19.3. The summed E-state index contributed by atoms with van der Waals surface area (Å²) in [6.45, 7) is 0.177. The van der Waals surface area contributed by atoms with Crippen LogP contribution in [0, 0.1) is 5.92 Å². The monoisotopic (exact) mass is 441 g/mol. The highest BCUT2D eigenvalue weighted by atomic mass is 79.9. The molecule has 0 radical (unpaired) electrons. The topological polar surface area (TPSA) is 62.3 Å². The van der Waals surface area contributed by atoms with Gasteiger partial charge in [-0.2, -0.15) is 13.2 Å². The van der Waals surface area contributed by atoms with E-state index >= 15 is 0 Å². The second-order valence-electron chi connectivity index (χ2n) is 6.21. The molecule has 2 aromatic rings. The molecule has 2 heterocycles. The van der Waals surface area contributed by atoms with Gasteiger partial charge < -0.3 is 10.2 Å². The summed E-state index contributed by atoms with van der Waals surface area (Å²) in [7, 11) is 0. The second-order valence-corrected chi connectivity index (χ2v) is 7.02. The Kier molecular flexibility index (Phi) is 5.50. The lowest BCUT2D eigenvalue weighted by atomic mass is 10.1. The molecule has 5 nitrogen and oxygen atoms in total. The molecule has 1 aromatic heterocycles. The van der Waals surface area contributed by atoms with E-state index < -0.39 is 17.7 Å². The molecule has 9 heteroatoms. The van der Waals surface area contributed by atoms with E-state index in [9.17, 15) is 22.8 Å². The Balaban J connectivity index is 1.64. The molecular weight excluding hydrogens is 427 g/mol. The number of hydrogen-bond acceptors (Lipinski definition) is 3. The number of aromatic nitrogens is 1. The van der Waals surface area contributed by atoms with Crippen LogP contribution >= 0.6 is 15.9 Å². The SMILES string of the molecule is O=C(Nc1cccc(Br)n1)C1CC(=O)N(Cc2cccc(C(F)(F)F)c2)C1. The van der Waals surface area contributed by atoms with Crippen molar-refractivity contribution in [1.29, 1.82) is 0 Å². The van der Waals surface area contributed by atoms with Gasteiger partial charge in [-0.25, -0.2) is 4.98 Å². The standard InChI is InChI=1S/C18H15BrF3N3O2/c19-14-5-2-6-15(23-14)24-17(27)12-8-16(26)25(10-12)9-11-3-1-4-13(7-11)18(20,21)22/h1-7,12H,8-10H2,(H,23,24,27). The highest BCUT2D eigenvalue weighted by molar-refractivity contribution is 9.10. The van der Waals surface area contributed by atoms with Gasteiger partial charge in [-0.1, -0.05) is 18.2 Å². The van der Waals surface area contributed by atoms with Gasteiger partial charge in [0.25, 0.3) is 0 Å². The minimum atomic E-state index is -4.44. The third kappa shape index (κ3) is 4.85. The summed E-state index contributed by atoms with van der Waals surface area (Å²) in [6, 6.07) is 9.89. The maximum Gasteiger partial charge on any atom is 0.416 e. The lowest BCUT2D eigenvalue weighted by Crippen LogP contribution is -2.28. The van der Waals surface area contributed by atoms with Crippen molar-refractivity contribution in [2.75, 3.05) is 11.9 Å². The van der Waals surface area contributed by atoms with E-state index in [1.807, 2.05) is 0 Å². The Morgan fingerprint density at radius 3 is 2.70 bits per heavy atom. The average Bonchev–Trinajstić information content (AvgIpc) is 2.95. The van der Waals surface area contributed by atoms with Crippen LogP contribution in [-0.4, -0.2) is 28.2 Å². The van der Waals surface area contributed by atoms with Crippen LogP contribution in [0.2, 0.25) is 0 Å². The van der Waals surface area contributed by atoms with Crippen LogP contribution in [0.3, 0.4) is 0 Å². The number of likely N-dealkylation sites (tertiary alicyclic amines) is 1. The number of amides is 2. The van der Waals surface area contributed by atoms with E-state index in [1.165, 1.54) is 17.0 Å². The fourth-order valence-electron chi connectivity index (χ4n) is 2.87. The summed E-state index contributed by atoms with van der Waals surface area (Å²) >= 11 is 3.21. The zero-order valence-corrected chi connectivity index (χ0v) is 15.5. The minimum absolute atomic E-state index is 0.0127. The zero-order valence-electron chi connectivity index (χ0n) is 14.0. The van der Waals surface area contributed by atoms with Crippen molar-refractivity contribution >= 4 is 33.6 Å². The summed E-state index contributed by atoms with van der Waals surface area (Å²) in [5, 5.41) is 2.65. The van der Waals surface area contributed by atoms with Crippen LogP contribution in [-0.2, 0) is 22.3 Å². The largest absolute Gasteiger partial charge is 0.416 e. The third-order valence-corrected chi connectivity index (χ3v) is 4.62. The van der Waals surface area contributed by atoms with Gasteiger partial charge in [0.15, 0.2) is 0 Å². The molecule has 0 saturated carbocycles. The Morgan fingerprint density at radius 2 is 2.00 bits per heavy atom. The molecule has 1 atom stereocenters. The maximum absolute atomic E-state index is 12.8. The van der Waals surface area contributed by atoms with Crippen LogP contribution < -0.4 is 5.32 Å². The highest BCUT2D eigenvalue weighted by Gasteiger charge is 2.35. The molecule has 1 aliphatic heterocycles. The molecule has 1 N–H and O–H groups in total. The molecular formula is C18H15BrF3N3O2. The van der Waals surface area contributed by atoms with E-state index in [4.69, 9.17) is 0 Å². The fourth-order valence-corrected chi connectivity index (χ4v) is 3.22. The van der Waals surface area contributed by atoms with Crippen LogP contribution in [0.15, 0.2) is 47.1 Å². The summed E-state index contributed by atoms with van der Waals surface area (Å²) in [5.74, 6) is -0.836. The van der Waals surface area contributed by atoms with Gasteiger partial charge in [0.1, 0.15) is 10.4 Å². The van der Waals surface area contributed by atoms with Crippen LogP contribution in [0.5, 0.6) is 0 Å². The van der Waals surface area contributed by atoms with Crippen molar-refractivity contribution in [2.24, 2.45) is 5.92 Å². The maximum atomic E-state index is 12.8. The van der Waals surface area contributed by atoms with Gasteiger partial charge in [0.05, 0.1) is 11.5 Å². The highest BCUT2D eigenvalue weighted by Crippen LogP contribution is 2.30. The van der Waals surface area contributed by atoms with E-state index in [0.717, 1.165) is 12.1 Å². The predicted octanol–water partition coefficient (Wildman–Crippen LogP) is 3.85. The summed E-state index contributed by atoms with van der Waals surface area (Å²) in [4.78, 5) is 30.0. The quantitative estimate of drug-likeness (QED) is 0.732. The third-order valence-electron chi connectivity index (χ3n) is 4.18. The first-order chi connectivity index (χ1) is 12.7. The van der Waals surface area contributed by atoms with Crippen LogP contribution in [0.4, 0.5) is 19.0 Å². The molecule has 1 aliphatic rings. The lowest BCUT2D eigenvalue weighted by molar-refractivity contribution is -0.137. The Labute approximate surface area is 161 Å². The van der Waals surface area contributed by atoms with Gasteiger partial charge in [-0.05, 0) is 45.8 Å². The molecule has 2 amide bonds. The smallest absolute Gasteiger partial charge is 0.338 e. The number of hydrogen-bond donors (Lipinski definition) is 1. The Morgan fingerprint density at radius 1 is 1.26 bits per heavy atom. The Bertz CT molecular complexity index is 873. The predicted molar refractivity (Wildman–Crippen MR) is 95.5 cm³/mol. The van der Waals surface area contributed by atoms with Crippen molar-refractivity contribution in [2.45, 2.75) is 19.1 Å². The van der Waals surface area contributed by atoms with E-state index in [0.29, 0.717) is 16.0 Å². The molecule has 0 bridgehead atoms. The normalized spacial score (nSPS) is 17.3. The summed E-state index contributed by atoms with van der Waals surface area (Å²) in [5.41, 5.74) is -0.394. The van der Waals surface area contributed by atoms with Crippen molar-refractivity contribution in [3.05, 3.63) is 58.2 Å². The summed E-state index contributed by atoms with van der Waals surface area (Å²) < 4.78 is 39.0. The van der Waals surface area contributed by atoms with E-state index in [2.05, 4.69) is 26.2 Å². The van der Waals surface area contributed by atoms with E-state index in [1.54, 1.807) is 18.2 Å². The van der Waals surface area contributed by atoms with Gasteiger partial charge in [0.2, 0.25) is 11.8 Å². The van der Waals surface area contributed by atoms with Crippen molar-refractivity contribution in [3.63, 3.8) is 0 Å². The first-order valence-electron chi connectivity index (χ1n) is 8.10. The number of nitrogens with one attached hydrogen (secondary N) is 1. The molecule has 0 spiro atoms. The molecule has 3 rings (SSSR count). The molecule has 1 saturated heterocycles. The zero-order chi connectivity index (χ0) is 19.6.